The Kier molecular flexibility index (Phi) is 6.00. The monoisotopic (exact) mass is 517 g/mol. The number of anilines is 3. The van der Waals surface area contributed by atoms with Crippen molar-refractivity contribution in [3.8, 4) is 5.75 Å². The number of aryl methyl sites for hydroxylation is 1. The highest BCUT2D eigenvalue weighted by Gasteiger charge is 2.37. The molecule has 0 atom stereocenters. The zero-order valence-electron chi connectivity index (χ0n) is 18.8. The van der Waals surface area contributed by atoms with E-state index in [0.717, 1.165) is 12.5 Å². The summed E-state index contributed by atoms with van der Waals surface area (Å²) in [6.45, 7) is 1.08. The molecule has 0 amide bonds. The Bertz CT molecular complexity index is 1450. The topological polar surface area (TPSA) is 120 Å². The second kappa shape index (κ2) is 9.15. The lowest BCUT2D eigenvalue weighted by Crippen LogP contribution is -2.39. The van der Waals surface area contributed by atoms with Gasteiger partial charge in [-0.1, -0.05) is 11.6 Å². The van der Waals surface area contributed by atoms with Crippen LogP contribution in [0.25, 0.3) is 16.9 Å². The predicted molar refractivity (Wildman–Crippen MR) is 128 cm³/mol. The minimum atomic E-state index is -4.56. The fourth-order valence-corrected chi connectivity index (χ4v) is 3.95. The summed E-state index contributed by atoms with van der Waals surface area (Å²) in [5.74, 6) is 0.523. The number of rotatable bonds is 6. The van der Waals surface area contributed by atoms with Crippen LogP contribution < -0.4 is 20.7 Å². The normalized spacial score (nSPS) is 14.1. The van der Waals surface area contributed by atoms with Gasteiger partial charge in [-0.25, -0.2) is 15.0 Å². The Balaban J connectivity index is 1.46. The lowest BCUT2D eigenvalue weighted by molar-refractivity contribution is -0.137. The third kappa shape index (κ3) is 4.33. The summed E-state index contributed by atoms with van der Waals surface area (Å²) in [5.41, 5.74) is 6.03. The maximum atomic E-state index is 13.7. The van der Waals surface area contributed by atoms with Crippen molar-refractivity contribution < 1.29 is 17.9 Å². The van der Waals surface area contributed by atoms with Gasteiger partial charge in [-0.05, 0) is 12.5 Å². The number of nitrogens with zero attached hydrogens (tertiary/aromatic N) is 7. The molecular formula is C22H19ClF3N9O. The first kappa shape index (κ1) is 23.6. The highest BCUT2D eigenvalue weighted by Crippen LogP contribution is 2.39. The lowest BCUT2D eigenvalue weighted by atomic mass is 10.1. The maximum absolute atomic E-state index is 13.7. The highest BCUT2D eigenvalue weighted by molar-refractivity contribution is 6.36. The van der Waals surface area contributed by atoms with Crippen LogP contribution in [0.2, 0.25) is 5.02 Å². The van der Waals surface area contributed by atoms with E-state index in [9.17, 15) is 13.2 Å². The summed E-state index contributed by atoms with van der Waals surface area (Å²) >= 11 is 6.59. The van der Waals surface area contributed by atoms with Crippen molar-refractivity contribution in [2.75, 3.05) is 23.3 Å². The molecule has 0 saturated carbocycles. The van der Waals surface area contributed by atoms with Crippen LogP contribution in [0, 0.1) is 0 Å². The SMILES string of the molecule is Cn1c(Nc2cnc(N3CCC3)c(C(F)(F)F)c2)nc2ncc(OC(=CN)c3cnccn3)c(Cl)c21. The molecule has 4 aromatic heterocycles. The molecule has 0 unspecified atom stereocenters. The summed E-state index contributed by atoms with van der Waals surface area (Å²) in [4.78, 5) is 22.4. The molecule has 3 N–H and O–H groups in total. The van der Waals surface area contributed by atoms with Crippen LogP contribution in [0.5, 0.6) is 5.75 Å². The molecule has 0 bridgehead atoms. The molecule has 0 spiro atoms. The number of hydrogen-bond acceptors (Lipinski definition) is 9. The molecule has 1 fully saturated rings. The van der Waals surface area contributed by atoms with Crippen LogP contribution >= 0.6 is 11.6 Å². The molecule has 5 heterocycles. The van der Waals surface area contributed by atoms with Gasteiger partial charge in [-0.15, -0.1) is 0 Å². The number of pyridine rings is 2. The van der Waals surface area contributed by atoms with Gasteiger partial charge in [0.05, 0.1) is 24.3 Å². The van der Waals surface area contributed by atoms with Gasteiger partial charge in [-0.3, -0.25) is 4.98 Å². The van der Waals surface area contributed by atoms with Gasteiger partial charge in [0.1, 0.15) is 27.6 Å². The van der Waals surface area contributed by atoms with Gasteiger partial charge in [0, 0.05) is 38.7 Å². The van der Waals surface area contributed by atoms with Crippen molar-refractivity contribution in [1.82, 2.24) is 29.5 Å². The molecule has 0 aromatic carbocycles. The van der Waals surface area contributed by atoms with E-state index in [2.05, 4.69) is 30.2 Å². The molecule has 1 aliphatic rings. The molecule has 186 valence electrons. The zero-order chi connectivity index (χ0) is 25.4. The lowest BCUT2D eigenvalue weighted by Gasteiger charge is -2.33. The van der Waals surface area contributed by atoms with Crippen LogP contribution in [0.4, 0.5) is 30.6 Å². The van der Waals surface area contributed by atoms with E-state index in [1.165, 1.54) is 37.2 Å². The predicted octanol–water partition coefficient (Wildman–Crippen LogP) is 4.12. The highest BCUT2D eigenvalue weighted by atomic mass is 35.5. The zero-order valence-corrected chi connectivity index (χ0v) is 19.5. The maximum Gasteiger partial charge on any atom is 0.420 e. The van der Waals surface area contributed by atoms with Crippen LogP contribution in [-0.2, 0) is 13.2 Å². The van der Waals surface area contributed by atoms with Gasteiger partial charge in [0.2, 0.25) is 5.95 Å². The first-order chi connectivity index (χ1) is 17.3. The Hall–Kier alpha value is -4.13. The third-order valence-electron chi connectivity index (χ3n) is 5.58. The quantitative estimate of drug-likeness (QED) is 0.364. The average molecular weight is 518 g/mol. The van der Waals surface area contributed by atoms with E-state index >= 15 is 0 Å². The smallest absolute Gasteiger partial charge is 0.420 e. The number of fused-ring (bicyclic) bond motifs is 1. The van der Waals surface area contributed by atoms with E-state index in [0.29, 0.717) is 24.3 Å². The number of hydrogen-bond donors (Lipinski definition) is 2. The van der Waals surface area contributed by atoms with E-state index < -0.39 is 11.7 Å². The van der Waals surface area contributed by atoms with Crippen molar-refractivity contribution in [1.29, 1.82) is 0 Å². The molecule has 1 saturated heterocycles. The van der Waals surface area contributed by atoms with Gasteiger partial charge in [0.25, 0.3) is 0 Å². The first-order valence-electron chi connectivity index (χ1n) is 10.7. The number of halogens is 4. The molecule has 0 aliphatic carbocycles. The van der Waals surface area contributed by atoms with Gasteiger partial charge in [-0.2, -0.15) is 18.2 Å². The van der Waals surface area contributed by atoms with Gasteiger partial charge >= 0.3 is 6.18 Å². The standard InChI is InChI=1S/C22H19ClF3N9O/c1-34-18-17(23)16(36-15(8-27)14-10-28-3-4-29-14)11-30-19(18)33-21(34)32-12-7-13(22(24,25)26)20(31-9-12)35-5-2-6-35/h3-4,7-11H,2,5-6,27H2,1H3,(H,30,32,33). The van der Waals surface area contributed by atoms with E-state index in [4.69, 9.17) is 22.1 Å². The van der Waals surface area contributed by atoms with Crippen molar-refractivity contribution in [3.05, 3.63) is 59.5 Å². The van der Waals surface area contributed by atoms with E-state index in [-0.39, 0.29) is 39.6 Å². The molecule has 36 heavy (non-hydrogen) atoms. The molecule has 4 aromatic rings. The average Bonchev–Trinajstić information content (AvgIpc) is 3.14. The number of alkyl halides is 3. The Morgan fingerprint density at radius 2 is 1.97 bits per heavy atom. The fourth-order valence-electron chi connectivity index (χ4n) is 3.66. The van der Waals surface area contributed by atoms with Gasteiger partial charge in [0.15, 0.2) is 17.2 Å². The van der Waals surface area contributed by atoms with Crippen LogP contribution in [-0.4, -0.2) is 42.6 Å². The van der Waals surface area contributed by atoms with Gasteiger partial charge < -0.3 is 25.3 Å². The Morgan fingerprint density at radius 1 is 1.17 bits per heavy atom. The van der Waals surface area contributed by atoms with Crippen LogP contribution in [0.1, 0.15) is 17.7 Å². The molecule has 1 aliphatic heterocycles. The summed E-state index contributed by atoms with van der Waals surface area (Å²) in [6, 6.07) is 1.02. The van der Waals surface area contributed by atoms with Crippen LogP contribution in [0.3, 0.4) is 0 Å². The summed E-state index contributed by atoms with van der Waals surface area (Å²) < 4.78 is 48.5. The van der Waals surface area contributed by atoms with Crippen molar-refractivity contribution in [2.24, 2.45) is 12.8 Å². The second-order valence-electron chi connectivity index (χ2n) is 7.89. The molecule has 5 rings (SSSR count). The number of nitrogens with two attached hydrogens (primary N) is 1. The number of aromatic nitrogens is 6. The van der Waals surface area contributed by atoms with Crippen molar-refractivity contribution in [2.45, 2.75) is 12.6 Å². The first-order valence-corrected chi connectivity index (χ1v) is 11.1. The number of nitrogens with one attached hydrogen (secondary N) is 1. The number of imidazole rings is 1. The Morgan fingerprint density at radius 3 is 2.61 bits per heavy atom. The van der Waals surface area contributed by atoms with Crippen LogP contribution in [0.15, 0.2) is 43.3 Å². The molecular weight excluding hydrogens is 499 g/mol. The summed E-state index contributed by atoms with van der Waals surface area (Å²) in [6.07, 6.45) is 4.66. The Labute approximate surface area is 207 Å². The minimum absolute atomic E-state index is 0.0809. The largest absolute Gasteiger partial charge is 0.450 e. The summed E-state index contributed by atoms with van der Waals surface area (Å²) in [7, 11) is 1.64. The molecule has 10 nitrogen and oxygen atoms in total. The van der Waals surface area contributed by atoms with Crippen molar-refractivity contribution >= 4 is 46.0 Å². The minimum Gasteiger partial charge on any atom is -0.450 e. The van der Waals surface area contributed by atoms with Crippen molar-refractivity contribution in [3.63, 3.8) is 0 Å². The fraction of sp³-hybridized carbons (Fsp3) is 0.227. The third-order valence-corrected chi connectivity index (χ3v) is 5.94. The van der Waals surface area contributed by atoms with E-state index in [1.807, 2.05) is 0 Å². The molecule has 14 heteroatoms. The van der Waals surface area contributed by atoms with E-state index in [1.54, 1.807) is 16.5 Å². The second-order valence-corrected chi connectivity index (χ2v) is 8.26. The molecule has 0 radical (unpaired) electrons. The number of ether oxygens (including phenoxy) is 1. The summed E-state index contributed by atoms with van der Waals surface area (Å²) in [5, 5.41) is 3.06.